The number of aromatic amines is 1. The number of rotatable bonds is 7. The summed E-state index contributed by atoms with van der Waals surface area (Å²) in [6.07, 6.45) is 0.682. The fourth-order valence-corrected chi connectivity index (χ4v) is 4.03. The Morgan fingerprint density at radius 3 is 2.72 bits per heavy atom. The van der Waals surface area contributed by atoms with Gasteiger partial charge >= 0.3 is 0 Å². The number of nitrogens with one attached hydrogen (secondary N) is 1. The van der Waals surface area contributed by atoms with E-state index in [4.69, 9.17) is 31.5 Å². The van der Waals surface area contributed by atoms with E-state index >= 15 is 0 Å². The molecule has 0 unspecified atom stereocenters. The fraction of sp³-hybridized carbons (Fsp3) is 0.250. The monoisotopic (exact) mass is 450 g/mol. The molecule has 0 aliphatic carbocycles. The van der Waals surface area contributed by atoms with E-state index in [9.17, 15) is 5.26 Å². The van der Waals surface area contributed by atoms with Crippen LogP contribution in [0.5, 0.6) is 17.4 Å². The van der Waals surface area contributed by atoms with Crippen LogP contribution >= 0.6 is 11.6 Å². The van der Waals surface area contributed by atoms with Crippen LogP contribution in [0.25, 0.3) is 0 Å². The molecule has 1 aliphatic rings. The third-order valence-corrected chi connectivity index (χ3v) is 5.69. The van der Waals surface area contributed by atoms with Crippen molar-refractivity contribution in [3.05, 3.63) is 81.3 Å². The molecule has 1 aromatic heterocycles. The summed E-state index contributed by atoms with van der Waals surface area (Å²) in [4.78, 5) is 0. The minimum atomic E-state index is -0.515. The fourth-order valence-electron chi connectivity index (χ4n) is 3.84. The number of nitrogens with two attached hydrogens (primary N) is 1. The summed E-state index contributed by atoms with van der Waals surface area (Å²) in [5, 5.41) is 17.8. The lowest BCUT2D eigenvalue weighted by Crippen LogP contribution is -2.22. The summed E-state index contributed by atoms with van der Waals surface area (Å²) >= 11 is 6.33. The number of nitriles is 1. The zero-order valence-electron chi connectivity index (χ0n) is 17.8. The largest absolute Gasteiger partial charge is 0.490 e. The van der Waals surface area contributed by atoms with Crippen LogP contribution in [-0.4, -0.2) is 16.8 Å². The van der Waals surface area contributed by atoms with E-state index in [0.29, 0.717) is 41.0 Å². The van der Waals surface area contributed by atoms with Crippen molar-refractivity contribution in [2.24, 2.45) is 5.73 Å². The quantitative estimate of drug-likeness (QED) is 0.534. The number of aryl methyl sites for hydroxylation is 1. The molecule has 1 aliphatic heterocycles. The maximum Gasteiger partial charge on any atom is 0.244 e. The molecule has 0 amide bonds. The van der Waals surface area contributed by atoms with Crippen LogP contribution in [0, 0.1) is 11.3 Å². The predicted molar refractivity (Wildman–Crippen MR) is 121 cm³/mol. The zero-order valence-corrected chi connectivity index (χ0v) is 18.6. The Labute approximate surface area is 191 Å². The topological polar surface area (TPSA) is 106 Å². The van der Waals surface area contributed by atoms with E-state index in [0.717, 1.165) is 22.4 Å². The number of nitrogens with zero attached hydrogens (tertiary/aromatic N) is 2. The van der Waals surface area contributed by atoms with E-state index < -0.39 is 5.92 Å². The lowest BCUT2D eigenvalue weighted by Gasteiger charge is -2.26. The van der Waals surface area contributed by atoms with Crippen molar-refractivity contribution in [1.82, 2.24) is 10.2 Å². The van der Waals surface area contributed by atoms with Gasteiger partial charge in [-0.3, -0.25) is 5.10 Å². The van der Waals surface area contributed by atoms with Gasteiger partial charge in [0, 0.05) is 21.8 Å². The van der Waals surface area contributed by atoms with Crippen molar-refractivity contribution in [3.63, 3.8) is 0 Å². The van der Waals surface area contributed by atoms with Gasteiger partial charge in [-0.25, -0.2) is 0 Å². The number of para-hydroxylation sites is 1. The van der Waals surface area contributed by atoms with Gasteiger partial charge in [-0.05, 0) is 25.5 Å². The van der Waals surface area contributed by atoms with Gasteiger partial charge in [0.05, 0.1) is 18.1 Å². The first-order chi connectivity index (χ1) is 15.6. The van der Waals surface area contributed by atoms with Crippen molar-refractivity contribution < 1.29 is 14.2 Å². The normalized spacial score (nSPS) is 15.0. The molecule has 4 rings (SSSR count). The van der Waals surface area contributed by atoms with Crippen molar-refractivity contribution in [2.75, 3.05) is 6.61 Å². The van der Waals surface area contributed by atoms with E-state index in [1.165, 1.54) is 0 Å². The lowest BCUT2D eigenvalue weighted by molar-refractivity contribution is 0.266. The van der Waals surface area contributed by atoms with E-state index in [-0.39, 0.29) is 12.5 Å². The Balaban J connectivity index is 1.86. The molecule has 164 valence electrons. The first-order valence-corrected chi connectivity index (χ1v) is 10.7. The number of aromatic nitrogens is 2. The average molecular weight is 451 g/mol. The van der Waals surface area contributed by atoms with Crippen LogP contribution in [-0.2, 0) is 13.0 Å². The van der Waals surface area contributed by atoms with Gasteiger partial charge in [0.1, 0.15) is 18.2 Å². The molecule has 0 saturated heterocycles. The van der Waals surface area contributed by atoms with Gasteiger partial charge in [0.2, 0.25) is 11.8 Å². The Bertz CT molecular complexity index is 1210. The third-order valence-electron chi connectivity index (χ3n) is 5.32. The van der Waals surface area contributed by atoms with Gasteiger partial charge < -0.3 is 19.9 Å². The molecule has 8 heteroatoms. The number of benzene rings is 2. The Morgan fingerprint density at radius 1 is 1.19 bits per heavy atom. The number of allylic oxidation sites excluding steroid dienone is 1. The molecule has 3 N–H and O–H groups in total. The maximum atomic E-state index is 9.94. The lowest BCUT2D eigenvalue weighted by atomic mass is 9.83. The summed E-state index contributed by atoms with van der Waals surface area (Å²) in [5.41, 5.74) is 9.62. The van der Waals surface area contributed by atoms with Crippen molar-refractivity contribution in [1.29, 1.82) is 5.26 Å². The summed E-state index contributed by atoms with van der Waals surface area (Å²) in [7, 11) is 0. The second-order valence-corrected chi connectivity index (χ2v) is 7.59. The van der Waals surface area contributed by atoms with Crippen LogP contribution in [0.1, 0.15) is 42.1 Å². The molecule has 0 spiro atoms. The summed E-state index contributed by atoms with van der Waals surface area (Å²) in [6, 6.07) is 15.3. The van der Waals surface area contributed by atoms with E-state index in [1.807, 2.05) is 56.3 Å². The molecular formula is C24H23ClN4O3. The number of fused-ring (bicyclic) bond motifs is 1. The second kappa shape index (κ2) is 9.25. The molecule has 0 bridgehead atoms. The maximum absolute atomic E-state index is 9.94. The van der Waals surface area contributed by atoms with Crippen LogP contribution in [0.3, 0.4) is 0 Å². The minimum absolute atomic E-state index is 0.0259. The number of hydrogen-bond acceptors (Lipinski definition) is 6. The number of halogens is 1. The van der Waals surface area contributed by atoms with Gasteiger partial charge in [-0.1, -0.05) is 48.9 Å². The molecule has 3 aromatic rings. The third kappa shape index (κ3) is 3.85. The van der Waals surface area contributed by atoms with Gasteiger partial charge in [0.15, 0.2) is 11.5 Å². The summed E-state index contributed by atoms with van der Waals surface area (Å²) in [5.74, 6) is 0.970. The van der Waals surface area contributed by atoms with Crippen LogP contribution < -0.4 is 19.9 Å². The zero-order chi connectivity index (χ0) is 22.7. The molecule has 32 heavy (non-hydrogen) atoms. The van der Waals surface area contributed by atoms with E-state index in [2.05, 4.69) is 16.3 Å². The molecule has 2 aromatic carbocycles. The summed E-state index contributed by atoms with van der Waals surface area (Å²) < 4.78 is 17.8. The highest BCUT2D eigenvalue weighted by Gasteiger charge is 2.37. The molecule has 0 fully saturated rings. The Kier molecular flexibility index (Phi) is 6.24. The molecule has 0 radical (unpaired) electrons. The SMILES string of the molecule is CCOc1cccc([C@H]2C(C#N)=C(N)Oc3n[nH]c(CC)c32)c1OCc1ccccc1Cl. The van der Waals surface area contributed by atoms with Crippen molar-refractivity contribution in [3.8, 4) is 23.4 Å². The molecule has 7 nitrogen and oxygen atoms in total. The number of hydrogen-bond donors (Lipinski definition) is 2. The van der Waals surface area contributed by atoms with Gasteiger partial charge in [-0.2, -0.15) is 5.26 Å². The predicted octanol–water partition coefficient (Wildman–Crippen LogP) is 4.82. The second-order valence-electron chi connectivity index (χ2n) is 7.19. The van der Waals surface area contributed by atoms with Crippen LogP contribution in [0.4, 0.5) is 0 Å². The van der Waals surface area contributed by atoms with Crippen LogP contribution in [0.2, 0.25) is 5.02 Å². The van der Waals surface area contributed by atoms with Crippen molar-refractivity contribution >= 4 is 11.6 Å². The average Bonchev–Trinajstić information content (AvgIpc) is 3.20. The Morgan fingerprint density at radius 2 is 2.00 bits per heavy atom. The van der Waals surface area contributed by atoms with Gasteiger partial charge in [-0.15, -0.1) is 5.10 Å². The highest BCUT2D eigenvalue weighted by molar-refractivity contribution is 6.31. The molecular weight excluding hydrogens is 428 g/mol. The highest BCUT2D eigenvalue weighted by atomic mass is 35.5. The number of ether oxygens (including phenoxy) is 3. The highest BCUT2D eigenvalue weighted by Crippen LogP contribution is 2.48. The van der Waals surface area contributed by atoms with E-state index in [1.54, 1.807) is 0 Å². The molecule has 0 saturated carbocycles. The molecule has 2 heterocycles. The van der Waals surface area contributed by atoms with Crippen molar-refractivity contribution in [2.45, 2.75) is 32.8 Å². The first kappa shape index (κ1) is 21.6. The van der Waals surface area contributed by atoms with Gasteiger partial charge in [0.25, 0.3) is 0 Å². The minimum Gasteiger partial charge on any atom is -0.490 e. The smallest absolute Gasteiger partial charge is 0.244 e. The number of H-pyrrole nitrogens is 1. The standard InChI is InChI=1S/C24H23ClN4O3/c1-3-18-21-20(16(12-26)23(27)32-24(21)29-28-18)15-9-7-11-19(30-4-2)22(15)31-13-14-8-5-6-10-17(14)25/h5-11,20H,3-4,13,27H2,1-2H3,(H,28,29)/t20-/m0/s1. The Hall–Kier alpha value is -3.63. The molecule has 1 atom stereocenters. The first-order valence-electron chi connectivity index (χ1n) is 10.4. The van der Waals surface area contributed by atoms with Crippen LogP contribution in [0.15, 0.2) is 53.9 Å². The summed E-state index contributed by atoms with van der Waals surface area (Å²) in [6.45, 7) is 4.60.